The van der Waals surface area contributed by atoms with Crippen molar-refractivity contribution < 1.29 is 8.85 Å². The molecule has 0 amide bonds. The van der Waals surface area contributed by atoms with Gasteiger partial charge in [-0.05, 0) is 32.1 Å². The Kier molecular flexibility index (Phi) is 8.22. The second-order valence-electron chi connectivity index (χ2n) is 5.80. The summed E-state index contributed by atoms with van der Waals surface area (Å²) in [6.07, 6.45) is 8.51. The van der Waals surface area contributed by atoms with E-state index in [9.17, 15) is 0 Å². The lowest BCUT2D eigenvalue weighted by molar-refractivity contribution is 0.142. The maximum atomic E-state index is 6.34. The summed E-state index contributed by atoms with van der Waals surface area (Å²) in [5.41, 5.74) is 0.639. The van der Waals surface area contributed by atoms with Crippen molar-refractivity contribution in [2.75, 3.05) is 13.2 Å². The van der Waals surface area contributed by atoms with Crippen LogP contribution in [-0.2, 0) is 8.85 Å². The van der Waals surface area contributed by atoms with Crippen LogP contribution in [0.3, 0.4) is 0 Å². The Hall–Kier alpha value is 0.0969. The van der Waals surface area contributed by atoms with Gasteiger partial charge in [-0.3, -0.25) is 4.98 Å². The first-order chi connectivity index (χ1) is 9.18. The highest BCUT2D eigenvalue weighted by atomic mass is 28.4. The van der Waals surface area contributed by atoms with E-state index in [1.807, 2.05) is 0 Å². The predicted octanol–water partition coefficient (Wildman–Crippen LogP) is 4.11. The lowest BCUT2D eigenvalue weighted by Crippen LogP contribution is -2.62. The van der Waals surface area contributed by atoms with Crippen LogP contribution in [0.15, 0.2) is 0 Å². The van der Waals surface area contributed by atoms with Crippen LogP contribution in [0.1, 0.15) is 72.6 Å². The maximum Gasteiger partial charge on any atom is 0.428 e. The summed E-state index contributed by atoms with van der Waals surface area (Å²) in [7, 11) is -2.24. The molecule has 3 nitrogen and oxygen atoms in total. The zero-order valence-electron chi connectivity index (χ0n) is 13.3. The Morgan fingerprint density at radius 3 is 2.00 bits per heavy atom. The average molecular weight is 288 g/mol. The maximum absolute atomic E-state index is 6.34. The van der Waals surface area contributed by atoms with E-state index >= 15 is 0 Å². The van der Waals surface area contributed by atoms with Crippen molar-refractivity contribution in [3.05, 3.63) is 0 Å². The van der Waals surface area contributed by atoms with Gasteiger partial charge in [-0.1, -0.05) is 40.5 Å². The Morgan fingerprint density at radius 1 is 1.05 bits per heavy atom. The number of rotatable bonds is 10. The second-order valence-corrected chi connectivity index (χ2v) is 8.82. The third-order valence-electron chi connectivity index (χ3n) is 3.99. The van der Waals surface area contributed by atoms with Crippen LogP contribution in [0, 0.1) is 0 Å². The molecule has 1 unspecified atom stereocenters. The van der Waals surface area contributed by atoms with Crippen molar-refractivity contribution in [2.45, 2.75) is 84.2 Å². The van der Waals surface area contributed by atoms with E-state index in [0.717, 1.165) is 32.5 Å². The molecule has 0 aromatic carbocycles. The van der Waals surface area contributed by atoms with Crippen molar-refractivity contribution in [3.8, 4) is 0 Å². The fourth-order valence-electron chi connectivity index (χ4n) is 2.74. The van der Waals surface area contributed by atoms with Crippen molar-refractivity contribution >= 4 is 8.72 Å². The normalized spacial score (nSPS) is 18.9. The summed E-state index contributed by atoms with van der Waals surface area (Å²) in [5.74, 6) is 0. The van der Waals surface area contributed by atoms with Gasteiger partial charge in [-0.25, -0.2) is 0 Å². The molecule has 19 heavy (non-hydrogen) atoms. The van der Waals surface area contributed by atoms with Gasteiger partial charge in [0.25, 0.3) is 0 Å². The quantitative estimate of drug-likeness (QED) is 0.613. The van der Waals surface area contributed by atoms with Crippen LogP contribution in [0.25, 0.3) is 0 Å². The first-order valence-electron chi connectivity index (χ1n) is 8.24. The van der Waals surface area contributed by atoms with Crippen LogP contribution < -0.4 is 4.98 Å². The van der Waals surface area contributed by atoms with Gasteiger partial charge in [0.05, 0.1) is 0 Å². The van der Waals surface area contributed by atoms with Gasteiger partial charge in [0, 0.05) is 24.8 Å². The summed E-state index contributed by atoms with van der Waals surface area (Å²) < 4.78 is 12.7. The van der Waals surface area contributed by atoms with Crippen molar-refractivity contribution in [2.24, 2.45) is 0 Å². The molecule has 1 saturated carbocycles. The van der Waals surface area contributed by atoms with Gasteiger partial charge in [-0.2, -0.15) is 0 Å². The molecule has 0 aromatic rings. The molecule has 1 rings (SSSR count). The molecule has 114 valence electrons. The fourth-order valence-corrected chi connectivity index (χ4v) is 6.77. The third kappa shape index (κ3) is 5.18. The average Bonchev–Trinajstić information content (AvgIpc) is 2.96. The molecule has 1 aliphatic carbocycles. The Balaban J connectivity index is 2.78. The zero-order valence-corrected chi connectivity index (χ0v) is 14.3. The molecule has 4 heteroatoms. The van der Waals surface area contributed by atoms with Crippen LogP contribution in [0.4, 0.5) is 0 Å². The van der Waals surface area contributed by atoms with E-state index in [2.05, 4.69) is 32.7 Å². The molecule has 0 heterocycles. The van der Waals surface area contributed by atoms with Crippen molar-refractivity contribution in [3.63, 3.8) is 0 Å². The summed E-state index contributed by atoms with van der Waals surface area (Å²) in [6.45, 7) is 10.5. The summed E-state index contributed by atoms with van der Waals surface area (Å²) in [5, 5.41) is 0. The molecule has 0 radical (unpaired) electrons. The Morgan fingerprint density at radius 2 is 1.58 bits per heavy atom. The summed E-state index contributed by atoms with van der Waals surface area (Å²) in [4.78, 5) is 3.79. The van der Waals surface area contributed by atoms with E-state index in [1.54, 1.807) is 0 Å². The SMILES string of the molecule is CCCO[Si](NC(C)CC)(OCCC)C1CCCC1. The van der Waals surface area contributed by atoms with Gasteiger partial charge in [0.1, 0.15) is 0 Å². The first-order valence-corrected chi connectivity index (χ1v) is 10.1. The van der Waals surface area contributed by atoms with Gasteiger partial charge < -0.3 is 8.85 Å². The van der Waals surface area contributed by atoms with Gasteiger partial charge >= 0.3 is 8.72 Å². The molecule has 0 bridgehead atoms. The molecule has 0 aliphatic heterocycles. The number of hydrogen-bond donors (Lipinski definition) is 1. The highest BCUT2D eigenvalue weighted by molar-refractivity contribution is 6.66. The highest BCUT2D eigenvalue weighted by Gasteiger charge is 2.48. The van der Waals surface area contributed by atoms with Crippen LogP contribution in [0.5, 0.6) is 0 Å². The topological polar surface area (TPSA) is 30.5 Å². The van der Waals surface area contributed by atoms with E-state index in [0.29, 0.717) is 11.6 Å². The lowest BCUT2D eigenvalue weighted by atomic mass is 10.3. The van der Waals surface area contributed by atoms with E-state index in [-0.39, 0.29) is 0 Å². The number of nitrogens with one attached hydrogen (secondary N) is 1. The smallest absolute Gasteiger partial charge is 0.383 e. The van der Waals surface area contributed by atoms with Crippen molar-refractivity contribution in [1.82, 2.24) is 4.98 Å². The standard InChI is InChI=1S/C15H33NO2Si/c1-5-12-17-19(18-13-6-2,16-14(4)7-3)15-10-8-9-11-15/h14-16H,5-13H2,1-4H3. The molecule has 1 atom stereocenters. The van der Waals surface area contributed by atoms with E-state index < -0.39 is 8.72 Å². The summed E-state index contributed by atoms with van der Waals surface area (Å²) in [6, 6.07) is 0.487. The monoisotopic (exact) mass is 287 g/mol. The Bertz CT molecular complexity index is 224. The van der Waals surface area contributed by atoms with Gasteiger partial charge in [0.15, 0.2) is 0 Å². The predicted molar refractivity (Wildman–Crippen MR) is 83.3 cm³/mol. The van der Waals surface area contributed by atoms with Crippen molar-refractivity contribution in [1.29, 1.82) is 0 Å². The zero-order chi connectivity index (χ0) is 14.1. The lowest BCUT2D eigenvalue weighted by Gasteiger charge is -2.37. The molecular formula is C15H33NO2Si. The minimum Gasteiger partial charge on any atom is -0.383 e. The van der Waals surface area contributed by atoms with Gasteiger partial charge in [0.2, 0.25) is 0 Å². The molecule has 1 aliphatic rings. The molecule has 0 spiro atoms. The second kappa shape index (κ2) is 9.11. The summed E-state index contributed by atoms with van der Waals surface area (Å²) >= 11 is 0. The molecular weight excluding hydrogens is 254 g/mol. The fraction of sp³-hybridized carbons (Fsp3) is 1.00. The molecule has 0 aromatic heterocycles. The van der Waals surface area contributed by atoms with Crippen LogP contribution in [-0.4, -0.2) is 28.0 Å². The van der Waals surface area contributed by atoms with Gasteiger partial charge in [-0.15, -0.1) is 0 Å². The first kappa shape index (κ1) is 17.1. The van der Waals surface area contributed by atoms with Crippen LogP contribution >= 0.6 is 0 Å². The molecule has 0 saturated heterocycles. The number of hydrogen-bond acceptors (Lipinski definition) is 3. The minimum atomic E-state index is -2.24. The largest absolute Gasteiger partial charge is 0.428 e. The third-order valence-corrected chi connectivity index (χ3v) is 7.81. The molecule has 1 N–H and O–H groups in total. The van der Waals surface area contributed by atoms with Crippen LogP contribution in [0.2, 0.25) is 5.54 Å². The highest BCUT2D eigenvalue weighted by Crippen LogP contribution is 2.38. The van der Waals surface area contributed by atoms with E-state index in [1.165, 1.54) is 25.7 Å². The van der Waals surface area contributed by atoms with E-state index in [4.69, 9.17) is 8.85 Å². The Labute approximate surface area is 120 Å². The minimum absolute atomic E-state index is 0.487. The molecule has 1 fully saturated rings.